The van der Waals surface area contributed by atoms with Crippen LogP contribution in [0.3, 0.4) is 0 Å². The Bertz CT molecular complexity index is 480. The molecule has 0 spiro atoms. The minimum atomic E-state index is -0.865. The summed E-state index contributed by atoms with van der Waals surface area (Å²) in [5, 5.41) is 2.73. The van der Waals surface area contributed by atoms with Crippen LogP contribution in [0.2, 0.25) is 0 Å². The van der Waals surface area contributed by atoms with Crippen molar-refractivity contribution in [3.05, 3.63) is 35.4 Å². The van der Waals surface area contributed by atoms with E-state index in [0.717, 1.165) is 5.56 Å². The van der Waals surface area contributed by atoms with Crippen LogP contribution in [-0.4, -0.2) is 24.5 Å². The van der Waals surface area contributed by atoms with Crippen LogP contribution in [-0.2, 0) is 14.3 Å². The van der Waals surface area contributed by atoms with E-state index in [-0.39, 0.29) is 17.8 Å². The number of nitrogens with one attached hydrogen (secondary N) is 1. The van der Waals surface area contributed by atoms with Gasteiger partial charge in [0.05, 0.1) is 7.11 Å². The average molecular weight is 247 g/mol. The quantitative estimate of drug-likeness (QED) is 0.824. The molecule has 1 aliphatic rings. The van der Waals surface area contributed by atoms with E-state index in [1.165, 1.54) is 19.6 Å². The number of benzene rings is 1. The van der Waals surface area contributed by atoms with Crippen LogP contribution in [0.5, 0.6) is 0 Å². The number of methoxy groups -OCH3 is 1. The zero-order chi connectivity index (χ0) is 13.3. The van der Waals surface area contributed by atoms with E-state index >= 15 is 0 Å². The summed E-state index contributed by atoms with van der Waals surface area (Å²) in [6, 6.07) is 7.99. The largest absolute Gasteiger partial charge is 0.467 e. The van der Waals surface area contributed by atoms with Gasteiger partial charge >= 0.3 is 5.97 Å². The van der Waals surface area contributed by atoms with Gasteiger partial charge in [-0.15, -0.1) is 0 Å². The maximum absolute atomic E-state index is 11.8. The molecule has 0 radical (unpaired) electrons. The maximum atomic E-state index is 11.8. The summed E-state index contributed by atoms with van der Waals surface area (Å²) in [4.78, 5) is 23.1. The fourth-order valence-electron chi connectivity index (χ4n) is 2.38. The van der Waals surface area contributed by atoms with E-state index in [4.69, 9.17) is 4.74 Å². The molecule has 18 heavy (non-hydrogen) atoms. The number of aryl methyl sites for hydroxylation is 1. The van der Waals surface area contributed by atoms with Crippen molar-refractivity contribution in [1.29, 1.82) is 0 Å². The summed E-state index contributed by atoms with van der Waals surface area (Å²) >= 11 is 0. The summed E-state index contributed by atoms with van der Waals surface area (Å²) in [5.41, 5.74) is 1.36. The summed E-state index contributed by atoms with van der Waals surface area (Å²) in [6.45, 7) is 3.42. The van der Waals surface area contributed by atoms with Crippen LogP contribution < -0.4 is 5.32 Å². The van der Waals surface area contributed by atoms with Crippen molar-refractivity contribution in [1.82, 2.24) is 5.32 Å². The molecule has 1 saturated carbocycles. The monoisotopic (exact) mass is 247 g/mol. The van der Waals surface area contributed by atoms with E-state index in [0.29, 0.717) is 6.42 Å². The minimum absolute atomic E-state index is 0.00875. The van der Waals surface area contributed by atoms with Crippen LogP contribution in [0, 0.1) is 6.92 Å². The molecule has 1 aromatic carbocycles. The Morgan fingerprint density at radius 3 is 2.44 bits per heavy atom. The van der Waals surface area contributed by atoms with E-state index in [2.05, 4.69) is 5.32 Å². The molecular formula is C14H17NO3. The Balaban J connectivity index is 2.24. The van der Waals surface area contributed by atoms with Crippen molar-refractivity contribution < 1.29 is 14.3 Å². The standard InChI is InChI=1S/C14H17NO3/c1-9-4-6-11(7-5-9)12-8-14(12,13(17)18-3)15-10(2)16/h4-7,12H,8H2,1-3H3,(H,15,16)/t12-,14-/m0/s1. The molecule has 1 aromatic rings. The SMILES string of the molecule is COC(=O)[C@]1(NC(C)=O)C[C@H]1c1ccc(C)cc1. The summed E-state index contributed by atoms with van der Waals surface area (Å²) in [7, 11) is 1.34. The third kappa shape index (κ3) is 2.10. The predicted octanol–water partition coefficient (Wildman–Crippen LogP) is 1.53. The Morgan fingerprint density at radius 1 is 1.33 bits per heavy atom. The number of carbonyl (C=O) groups is 2. The first-order valence-corrected chi connectivity index (χ1v) is 5.93. The number of rotatable bonds is 3. The maximum Gasteiger partial charge on any atom is 0.332 e. The van der Waals surface area contributed by atoms with E-state index < -0.39 is 5.54 Å². The fraction of sp³-hybridized carbons (Fsp3) is 0.429. The van der Waals surface area contributed by atoms with Crippen molar-refractivity contribution in [2.45, 2.75) is 31.7 Å². The van der Waals surface area contributed by atoms with E-state index in [1.54, 1.807) is 0 Å². The van der Waals surface area contributed by atoms with Crippen LogP contribution in [0.1, 0.15) is 30.4 Å². The predicted molar refractivity (Wildman–Crippen MR) is 67.1 cm³/mol. The molecule has 0 unspecified atom stereocenters. The molecule has 1 N–H and O–H groups in total. The van der Waals surface area contributed by atoms with Gasteiger partial charge in [-0.25, -0.2) is 4.79 Å². The van der Waals surface area contributed by atoms with Crippen molar-refractivity contribution in [3.8, 4) is 0 Å². The Labute approximate surface area is 106 Å². The number of hydrogen-bond acceptors (Lipinski definition) is 3. The lowest BCUT2D eigenvalue weighted by atomic mass is 10.0. The van der Waals surface area contributed by atoms with Gasteiger partial charge in [-0.1, -0.05) is 29.8 Å². The first-order chi connectivity index (χ1) is 8.49. The second-order valence-corrected chi connectivity index (χ2v) is 4.81. The topological polar surface area (TPSA) is 55.4 Å². The van der Waals surface area contributed by atoms with E-state index in [1.807, 2.05) is 31.2 Å². The second kappa shape index (κ2) is 4.44. The molecule has 0 saturated heterocycles. The lowest BCUT2D eigenvalue weighted by molar-refractivity contribution is -0.146. The zero-order valence-electron chi connectivity index (χ0n) is 10.8. The molecule has 0 aliphatic heterocycles. The average Bonchev–Trinajstić information content (AvgIpc) is 3.03. The zero-order valence-corrected chi connectivity index (χ0v) is 10.8. The number of hydrogen-bond donors (Lipinski definition) is 1. The first-order valence-electron chi connectivity index (χ1n) is 5.93. The van der Waals surface area contributed by atoms with Gasteiger partial charge in [-0.05, 0) is 18.9 Å². The molecule has 4 heteroatoms. The van der Waals surface area contributed by atoms with Crippen molar-refractivity contribution in [3.63, 3.8) is 0 Å². The van der Waals surface area contributed by atoms with Crippen molar-refractivity contribution in [2.75, 3.05) is 7.11 Å². The third-order valence-corrected chi connectivity index (χ3v) is 3.39. The molecule has 4 nitrogen and oxygen atoms in total. The second-order valence-electron chi connectivity index (χ2n) is 4.81. The minimum Gasteiger partial charge on any atom is -0.467 e. The van der Waals surface area contributed by atoms with Gasteiger partial charge in [0.25, 0.3) is 0 Å². The molecular weight excluding hydrogens is 230 g/mol. The highest BCUT2D eigenvalue weighted by Gasteiger charge is 2.62. The highest BCUT2D eigenvalue weighted by atomic mass is 16.5. The molecule has 1 fully saturated rings. The van der Waals surface area contributed by atoms with Gasteiger partial charge in [0.15, 0.2) is 0 Å². The number of carbonyl (C=O) groups excluding carboxylic acids is 2. The third-order valence-electron chi connectivity index (χ3n) is 3.39. The van der Waals surface area contributed by atoms with Gasteiger partial charge in [-0.2, -0.15) is 0 Å². The first kappa shape index (κ1) is 12.6. The molecule has 2 rings (SSSR count). The Hall–Kier alpha value is -1.84. The molecule has 1 amide bonds. The van der Waals surface area contributed by atoms with Crippen molar-refractivity contribution in [2.24, 2.45) is 0 Å². The molecule has 0 bridgehead atoms. The number of ether oxygens (including phenoxy) is 1. The lowest BCUT2D eigenvalue weighted by Crippen LogP contribution is -2.44. The number of esters is 1. The summed E-state index contributed by atoms with van der Waals surface area (Å²) in [6.07, 6.45) is 0.600. The highest BCUT2D eigenvalue weighted by Crippen LogP contribution is 2.52. The molecule has 96 valence electrons. The molecule has 0 heterocycles. The van der Waals surface area contributed by atoms with Crippen LogP contribution in [0.4, 0.5) is 0 Å². The molecule has 1 aliphatic carbocycles. The molecule has 0 aromatic heterocycles. The summed E-state index contributed by atoms with van der Waals surface area (Å²) in [5.74, 6) is -0.576. The van der Waals surface area contributed by atoms with Crippen LogP contribution in [0.25, 0.3) is 0 Å². The van der Waals surface area contributed by atoms with Gasteiger partial charge in [0.1, 0.15) is 5.54 Å². The van der Waals surface area contributed by atoms with E-state index in [9.17, 15) is 9.59 Å². The van der Waals surface area contributed by atoms with Gasteiger partial charge in [0, 0.05) is 12.8 Å². The highest BCUT2D eigenvalue weighted by molar-refractivity contribution is 5.92. The van der Waals surface area contributed by atoms with Crippen LogP contribution >= 0.6 is 0 Å². The smallest absolute Gasteiger partial charge is 0.332 e. The number of amides is 1. The van der Waals surface area contributed by atoms with Gasteiger partial charge in [0.2, 0.25) is 5.91 Å². The van der Waals surface area contributed by atoms with Gasteiger partial charge in [-0.3, -0.25) is 4.79 Å². The fourth-order valence-corrected chi connectivity index (χ4v) is 2.38. The normalized spacial score (nSPS) is 25.4. The molecule has 2 atom stereocenters. The lowest BCUT2D eigenvalue weighted by Gasteiger charge is -2.16. The van der Waals surface area contributed by atoms with Crippen molar-refractivity contribution >= 4 is 11.9 Å². The Kier molecular flexibility index (Phi) is 3.11. The Morgan fingerprint density at radius 2 is 1.94 bits per heavy atom. The summed E-state index contributed by atoms with van der Waals surface area (Å²) < 4.78 is 4.80. The van der Waals surface area contributed by atoms with Gasteiger partial charge < -0.3 is 10.1 Å². The van der Waals surface area contributed by atoms with Crippen LogP contribution in [0.15, 0.2) is 24.3 Å².